The van der Waals surface area contributed by atoms with Crippen LogP contribution in [0.15, 0.2) is 63.5 Å². The van der Waals surface area contributed by atoms with E-state index >= 15 is 0 Å². The summed E-state index contributed by atoms with van der Waals surface area (Å²) in [5.74, 6) is 0.648. The molecule has 5 heteroatoms. The molecule has 2 atom stereocenters. The first-order chi connectivity index (χ1) is 14.6. The molecule has 0 radical (unpaired) electrons. The minimum absolute atomic E-state index is 0.0678. The van der Waals surface area contributed by atoms with E-state index in [4.69, 9.17) is 19.1 Å². The van der Waals surface area contributed by atoms with Crippen molar-refractivity contribution in [2.45, 2.75) is 59.3 Å². The average molecular weight is 433 g/mol. The fourth-order valence-electron chi connectivity index (χ4n) is 3.81. The second kappa shape index (κ2) is 7.01. The molecule has 3 aromatic rings. The second-order valence-electron chi connectivity index (χ2n) is 10.3. The van der Waals surface area contributed by atoms with Gasteiger partial charge in [-0.25, -0.2) is 9.98 Å². The topological polar surface area (TPSA) is 47.6 Å². The molecule has 0 amide bonds. The number of thiophene rings is 1. The number of aromatic nitrogens is 1. The fourth-order valence-corrected chi connectivity index (χ4v) is 4.72. The number of hydrogen-bond donors (Lipinski definition) is 0. The Bertz CT molecular complexity index is 1240. The van der Waals surface area contributed by atoms with Gasteiger partial charge in [-0.2, -0.15) is 0 Å². The molecule has 2 unspecified atom stereocenters. The van der Waals surface area contributed by atoms with E-state index in [9.17, 15) is 0 Å². The van der Waals surface area contributed by atoms with Crippen LogP contribution < -0.4 is 0 Å². The molecule has 1 aromatic carbocycles. The number of fused-ring (bicyclic) bond motifs is 2. The number of benzene rings is 1. The van der Waals surface area contributed by atoms with Gasteiger partial charge in [0.15, 0.2) is 11.8 Å². The SMILES string of the molecule is CC(C)(C)C1=CC2=NC(c3ccc(-c4nc5cc(C(C)(C)C)ccc5o4)s3)OC2C=C1. The van der Waals surface area contributed by atoms with Gasteiger partial charge in [0.1, 0.15) is 11.6 Å². The molecule has 0 bridgehead atoms. The van der Waals surface area contributed by atoms with Crippen molar-refractivity contribution < 1.29 is 9.15 Å². The number of ether oxygens (including phenoxy) is 1. The number of nitrogens with zero attached hydrogens (tertiary/aromatic N) is 2. The van der Waals surface area contributed by atoms with Crippen LogP contribution in [-0.2, 0) is 10.2 Å². The van der Waals surface area contributed by atoms with E-state index in [0.29, 0.717) is 5.89 Å². The van der Waals surface area contributed by atoms with E-state index in [1.54, 1.807) is 11.3 Å². The molecule has 0 N–H and O–H groups in total. The van der Waals surface area contributed by atoms with Gasteiger partial charge in [0.25, 0.3) is 0 Å². The molecule has 4 nitrogen and oxygen atoms in total. The van der Waals surface area contributed by atoms with Gasteiger partial charge in [0.2, 0.25) is 5.89 Å². The summed E-state index contributed by atoms with van der Waals surface area (Å²) >= 11 is 1.63. The first-order valence-corrected chi connectivity index (χ1v) is 11.5. The van der Waals surface area contributed by atoms with Gasteiger partial charge >= 0.3 is 0 Å². The van der Waals surface area contributed by atoms with E-state index in [1.165, 1.54) is 11.1 Å². The molecule has 0 spiro atoms. The van der Waals surface area contributed by atoms with Crippen LogP contribution in [0.25, 0.3) is 21.9 Å². The fraction of sp³-hybridized carbons (Fsp3) is 0.385. The van der Waals surface area contributed by atoms with E-state index in [1.807, 2.05) is 12.1 Å². The van der Waals surface area contributed by atoms with Gasteiger partial charge in [-0.05, 0) is 58.4 Å². The van der Waals surface area contributed by atoms with Gasteiger partial charge in [-0.1, -0.05) is 53.7 Å². The lowest BCUT2D eigenvalue weighted by molar-refractivity contribution is 0.0757. The molecule has 0 saturated carbocycles. The van der Waals surface area contributed by atoms with Crippen molar-refractivity contribution in [1.29, 1.82) is 0 Å². The lowest BCUT2D eigenvalue weighted by atomic mass is 9.83. The Morgan fingerprint density at radius 1 is 0.968 bits per heavy atom. The number of hydrogen-bond acceptors (Lipinski definition) is 5. The standard InChI is InChI=1S/C26H28N2O2S/c1-25(2,3)15-7-9-19-17(13-15)27-23(29-19)21-11-12-22(31-21)24-28-18-14-16(26(4,5)6)8-10-20(18)30-24/h7-14,19,23H,1-6H3. The predicted octanol–water partition coefficient (Wildman–Crippen LogP) is 7.23. The molecule has 160 valence electrons. The third-order valence-electron chi connectivity index (χ3n) is 5.79. The zero-order chi connectivity index (χ0) is 22.0. The third kappa shape index (κ3) is 3.81. The first-order valence-electron chi connectivity index (χ1n) is 10.7. The Labute approximate surface area is 187 Å². The molecular formula is C26H28N2O2S. The highest BCUT2D eigenvalue weighted by Gasteiger charge is 2.32. The summed E-state index contributed by atoms with van der Waals surface area (Å²) in [5.41, 5.74) is 5.41. The monoisotopic (exact) mass is 432 g/mol. The van der Waals surface area contributed by atoms with Crippen molar-refractivity contribution in [3.05, 3.63) is 64.6 Å². The van der Waals surface area contributed by atoms with Crippen LogP contribution in [0.1, 0.15) is 58.2 Å². The Hall–Kier alpha value is -2.50. The smallest absolute Gasteiger partial charge is 0.237 e. The lowest BCUT2D eigenvalue weighted by Gasteiger charge is -2.23. The number of oxazole rings is 1. The summed E-state index contributed by atoms with van der Waals surface area (Å²) in [6.45, 7) is 13.3. The second-order valence-corrected chi connectivity index (χ2v) is 11.4. The molecule has 1 aliphatic carbocycles. The Kier molecular flexibility index (Phi) is 4.61. The summed E-state index contributed by atoms with van der Waals surface area (Å²) in [4.78, 5) is 11.7. The van der Waals surface area contributed by atoms with Crippen LogP contribution in [0.2, 0.25) is 0 Å². The normalized spacial score (nSPS) is 21.4. The molecule has 0 saturated heterocycles. The van der Waals surface area contributed by atoms with E-state index in [2.05, 4.69) is 78.0 Å². The zero-order valence-electron chi connectivity index (χ0n) is 18.9. The maximum atomic E-state index is 6.20. The summed E-state index contributed by atoms with van der Waals surface area (Å²) < 4.78 is 12.2. The minimum Gasteiger partial charge on any atom is -0.435 e. The quantitative estimate of drug-likeness (QED) is 0.429. The summed E-state index contributed by atoms with van der Waals surface area (Å²) in [7, 11) is 0. The van der Waals surface area contributed by atoms with Crippen molar-refractivity contribution in [3.8, 4) is 10.8 Å². The summed E-state index contributed by atoms with van der Waals surface area (Å²) in [6, 6.07) is 10.4. The Balaban J connectivity index is 1.42. The van der Waals surface area contributed by atoms with Crippen molar-refractivity contribution in [3.63, 3.8) is 0 Å². The van der Waals surface area contributed by atoms with Crippen LogP contribution in [0, 0.1) is 5.41 Å². The molecule has 2 aromatic heterocycles. The maximum absolute atomic E-state index is 6.20. The lowest BCUT2D eigenvalue weighted by Crippen LogP contribution is -2.21. The Morgan fingerprint density at radius 2 is 1.77 bits per heavy atom. The molecule has 31 heavy (non-hydrogen) atoms. The number of aliphatic imine (C=N–C) groups is 1. The molecule has 1 aliphatic heterocycles. The minimum atomic E-state index is -0.282. The largest absolute Gasteiger partial charge is 0.435 e. The van der Waals surface area contributed by atoms with E-state index in [0.717, 1.165) is 26.6 Å². The van der Waals surface area contributed by atoms with Crippen LogP contribution >= 0.6 is 11.3 Å². The van der Waals surface area contributed by atoms with Crippen LogP contribution in [0.5, 0.6) is 0 Å². The Morgan fingerprint density at radius 3 is 2.52 bits per heavy atom. The van der Waals surface area contributed by atoms with Gasteiger partial charge < -0.3 is 9.15 Å². The zero-order valence-corrected chi connectivity index (χ0v) is 19.7. The van der Waals surface area contributed by atoms with E-state index < -0.39 is 0 Å². The third-order valence-corrected chi connectivity index (χ3v) is 6.89. The highest BCUT2D eigenvalue weighted by Crippen LogP contribution is 2.39. The van der Waals surface area contributed by atoms with Gasteiger partial charge in [0, 0.05) is 0 Å². The van der Waals surface area contributed by atoms with Crippen LogP contribution in [0.4, 0.5) is 0 Å². The van der Waals surface area contributed by atoms with Gasteiger partial charge in [-0.3, -0.25) is 0 Å². The first kappa shape index (κ1) is 20.4. The molecule has 2 aliphatic rings. The van der Waals surface area contributed by atoms with Gasteiger partial charge in [0.05, 0.1) is 15.5 Å². The van der Waals surface area contributed by atoms with Crippen molar-refractivity contribution >= 4 is 28.1 Å². The summed E-state index contributed by atoms with van der Waals surface area (Å²) in [6.07, 6.45) is 6.10. The molecular weight excluding hydrogens is 404 g/mol. The van der Waals surface area contributed by atoms with E-state index in [-0.39, 0.29) is 23.2 Å². The number of allylic oxidation sites excluding steroid dienone is 2. The molecule has 3 heterocycles. The molecule has 5 rings (SSSR count). The summed E-state index contributed by atoms with van der Waals surface area (Å²) in [5, 5.41) is 0. The molecule has 0 fully saturated rings. The highest BCUT2D eigenvalue weighted by atomic mass is 32.1. The highest BCUT2D eigenvalue weighted by molar-refractivity contribution is 7.15. The van der Waals surface area contributed by atoms with Gasteiger partial charge in [-0.15, -0.1) is 11.3 Å². The van der Waals surface area contributed by atoms with Crippen molar-refractivity contribution in [2.75, 3.05) is 0 Å². The predicted molar refractivity (Wildman–Crippen MR) is 128 cm³/mol. The van der Waals surface area contributed by atoms with Crippen molar-refractivity contribution in [1.82, 2.24) is 4.98 Å². The van der Waals surface area contributed by atoms with Crippen molar-refractivity contribution in [2.24, 2.45) is 10.4 Å². The van der Waals surface area contributed by atoms with Crippen LogP contribution in [0.3, 0.4) is 0 Å². The van der Waals surface area contributed by atoms with Crippen LogP contribution in [-0.4, -0.2) is 16.8 Å². The number of rotatable bonds is 2. The maximum Gasteiger partial charge on any atom is 0.237 e. The average Bonchev–Trinajstić information content (AvgIpc) is 3.41.